The van der Waals surface area contributed by atoms with Gasteiger partial charge in [-0.15, -0.1) is 0 Å². The van der Waals surface area contributed by atoms with Crippen molar-refractivity contribution in [1.82, 2.24) is 10.2 Å². The second kappa shape index (κ2) is 14.6. The van der Waals surface area contributed by atoms with Crippen molar-refractivity contribution in [2.45, 2.75) is 84.3 Å². The van der Waals surface area contributed by atoms with Crippen molar-refractivity contribution in [3.63, 3.8) is 0 Å². The van der Waals surface area contributed by atoms with Crippen LogP contribution in [-0.4, -0.2) is 51.4 Å². The third-order valence-electron chi connectivity index (χ3n) is 9.63. The molecule has 1 aromatic heterocycles. The second-order valence-electron chi connectivity index (χ2n) is 14.6. The van der Waals surface area contributed by atoms with Gasteiger partial charge in [0.1, 0.15) is 38.7 Å². The minimum atomic E-state index is -0.265. The molecule has 2 heterocycles. The van der Waals surface area contributed by atoms with Crippen LogP contribution in [0.3, 0.4) is 0 Å². The Morgan fingerprint density at radius 2 is 1.92 bits per heavy atom. The summed E-state index contributed by atoms with van der Waals surface area (Å²) in [6, 6.07) is 15.0. The van der Waals surface area contributed by atoms with Crippen LogP contribution in [0, 0.1) is 17.8 Å². The Bertz CT molecular complexity index is 1740. The number of carbonyl (C=O) groups is 2. The first-order valence-corrected chi connectivity index (χ1v) is 18.4. The molecule has 4 atom stereocenters. The van der Waals surface area contributed by atoms with E-state index in [0.29, 0.717) is 69.7 Å². The van der Waals surface area contributed by atoms with E-state index >= 15 is 0 Å². The van der Waals surface area contributed by atoms with Gasteiger partial charge in [-0.3, -0.25) is 14.5 Å². The Balaban J connectivity index is 1.12. The maximum Gasteiger partial charge on any atom is 0.266 e. The molecule has 260 valence electrons. The lowest BCUT2D eigenvalue weighted by atomic mass is 9.94. The second-order valence-corrected chi connectivity index (χ2v) is 16.2. The average molecular weight is 703 g/mol. The number of hydrogen-bond donors (Lipinski definition) is 2. The van der Waals surface area contributed by atoms with E-state index in [1.807, 2.05) is 69.0 Å². The fourth-order valence-electron chi connectivity index (χ4n) is 7.32. The summed E-state index contributed by atoms with van der Waals surface area (Å²) in [7, 11) is 1.55. The fraction of sp³-hybridized carbons (Fsp3) is 0.462. The number of ether oxygens (including phenoxy) is 2. The maximum atomic E-state index is 13.7. The van der Waals surface area contributed by atoms with Crippen molar-refractivity contribution >= 4 is 46.2 Å². The summed E-state index contributed by atoms with van der Waals surface area (Å²) >= 11 is 7.06. The zero-order valence-corrected chi connectivity index (χ0v) is 30.5. The minimum absolute atomic E-state index is 0.000677. The number of furan rings is 1. The number of thiocarbonyl (C=S) groups is 1. The minimum Gasteiger partial charge on any atom is -0.508 e. The van der Waals surface area contributed by atoms with Crippen molar-refractivity contribution in [2.24, 2.45) is 17.8 Å². The summed E-state index contributed by atoms with van der Waals surface area (Å²) in [5.41, 5.74) is 2.38. The number of thioether (sulfide) groups is 1. The molecule has 1 aliphatic heterocycles. The molecule has 3 aromatic rings. The van der Waals surface area contributed by atoms with Crippen LogP contribution in [0.2, 0.25) is 0 Å². The lowest BCUT2D eigenvalue weighted by Gasteiger charge is -2.30. The summed E-state index contributed by atoms with van der Waals surface area (Å²) in [5.74, 6) is 3.50. The van der Waals surface area contributed by atoms with E-state index in [-0.39, 0.29) is 35.1 Å². The number of rotatable bonds is 12. The number of amides is 2. The van der Waals surface area contributed by atoms with Crippen LogP contribution in [0.25, 0.3) is 17.4 Å². The molecule has 10 heteroatoms. The lowest BCUT2D eigenvalue weighted by molar-refractivity contribution is -0.125. The Hall–Kier alpha value is -3.76. The van der Waals surface area contributed by atoms with Gasteiger partial charge in [-0.05, 0) is 113 Å². The zero-order valence-electron chi connectivity index (χ0n) is 28.9. The van der Waals surface area contributed by atoms with Gasteiger partial charge >= 0.3 is 0 Å². The van der Waals surface area contributed by atoms with Crippen molar-refractivity contribution in [2.75, 3.05) is 13.7 Å². The topological polar surface area (TPSA) is 101 Å². The van der Waals surface area contributed by atoms with Crippen molar-refractivity contribution < 1.29 is 28.6 Å². The number of phenols is 1. The fourth-order valence-corrected chi connectivity index (χ4v) is 8.66. The molecule has 6 rings (SSSR count). The molecular formula is C39H46N2O6S2. The normalized spacial score (nSPS) is 21.9. The Morgan fingerprint density at radius 1 is 1.14 bits per heavy atom. The molecule has 2 N–H and O–H groups in total. The summed E-state index contributed by atoms with van der Waals surface area (Å²) in [6.45, 7) is 8.48. The maximum absolute atomic E-state index is 13.7. The standard InChI is InChI=1S/C39H46N2O6S2/c1-23(15-24-9-12-30(13-10-24)47-39(2,3)4)36(43)40-14-6-7-27-20-33(28-18-29(42)21-31(19-28)45-5)46-34(27)22-35-37(44)41(38(48)49-35)32-17-25-8-11-26(32)16-25/h9-10,12-13,18-23,25-26,32,42H,6-8,11,14-17H2,1-5H3,(H,40,43)/b35-22-/t23-,25?,26?,32?/m0/s1. The van der Waals surface area contributed by atoms with E-state index in [1.54, 1.807) is 19.2 Å². The number of carbonyl (C=O) groups excluding carboxylic acids is 2. The van der Waals surface area contributed by atoms with E-state index in [4.69, 9.17) is 26.1 Å². The number of aryl methyl sites for hydroxylation is 1. The first-order valence-electron chi connectivity index (χ1n) is 17.2. The molecule has 2 bridgehead atoms. The largest absolute Gasteiger partial charge is 0.508 e. The molecule has 8 nitrogen and oxygen atoms in total. The van der Waals surface area contributed by atoms with Crippen molar-refractivity contribution in [3.05, 3.63) is 70.3 Å². The summed E-state index contributed by atoms with van der Waals surface area (Å²) in [6.07, 6.45) is 8.37. The molecule has 1 saturated heterocycles. The van der Waals surface area contributed by atoms with Crippen molar-refractivity contribution in [1.29, 1.82) is 0 Å². The van der Waals surface area contributed by atoms with E-state index in [2.05, 4.69) is 5.32 Å². The van der Waals surface area contributed by atoms with Crippen LogP contribution in [0.1, 0.15) is 76.7 Å². The number of benzene rings is 2. The number of hydrogen-bond acceptors (Lipinski definition) is 8. The molecule has 2 aliphatic carbocycles. The van der Waals surface area contributed by atoms with E-state index in [1.165, 1.54) is 37.1 Å². The van der Waals surface area contributed by atoms with Crippen LogP contribution in [-0.2, 0) is 22.4 Å². The smallest absolute Gasteiger partial charge is 0.266 e. The number of methoxy groups -OCH3 is 1. The highest BCUT2D eigenvalue weighted by molar-refractivity contribution is 8.26. The molecule has 3 unspecified atom stereocenters. The van der Waals surface area contributed by atoms with Gasteiger partial charge in [-0.2, -0.15) is 0 Å². The van der Waals surface area contributed by atoms with E-state index in [9.17, 15) is 14.7 Å². The number of aromatic hydroxyl groups is 1. The van der Waals surface area contributed by atoms with Gasteiger partial charge in [0.25, 0.3) is 5.91 Å². The van der Waals surface area contributed by atoms with Gasteiger partial charge < -0.3 is 24.3 Å². The van der Waals surface area contributed by atoms with Gasteiger partial charge in [0.05, 0.1) is 12.0 Å². The monoisotopic (exact) mass is 702 g/mol. The lowest BCUT2D eigenvalue weighted by Crippen LogP contribution is -2.41. The highest BCUT2D eigenvalue weighted by Gasteiger charge is 2.48. The van der Waals surface area contributed by atoms with Gasteiger partial charge in [0.2, 0.25) is 5.91 Å². The first kappa shape index (κ1) is 35.1. The molecule has 2 amide bonds. The number of nitrogens with one attached hydrogen (secondary N) is 1. The van der Waals surface area contributed by atoms with E-state index < -0.39 is 0 Å². The molecule has 49 heavy (non-hydrogen) atoms. The van der Waals surface area contributed by atoms with Crippen LogP contribution < -0.4 is 14.8 Å². The van der Waals surface area contributed by atoms with Gasteiger partial charge in [0.15, 0.2) is 0 Å². The quantitative estimate of drug-likeness (QED) is 0.111. The van der Waals surface area contributed by atoms with Gasteiger partial charge in [-0.25, -0.2) is 0 Å². The summed E-state index contributed by atoms with van der Waals surface area (Å²) in [4.78, 5) is 29.1. The predicted molar refractivity (Wildman–Crippen MR) is 198 cm³/mol. The third-order valence-corrected chi connectivity index (χ3v) is 11.0. The van der Waals surface area contributed by atoms with Gasteiger partial charge in [0, 0.05) is 36.2 Å². The Kier molecular flexibility index (Phi) is 10.5. The van der Waals surface area contributed by atoms with Crippen LogP contribution in [0.4, 0.5) is 0 Å². The number of fused-ring (bicyclic) bond motifs is 2. The third kappa shape index (κ3) is 8.35. The highest BCUT2D eigenvalue weighted by Crippen LogP contribution is 2.49. The zero-order chi connectivity index (χ0) is 34.9. The molecule has 2 aromatic carbocycles. The van der Waals surface area contributed by atoms with Crippen LogP contribution in [0.5, 0.6) is 17.2 Å². The van der Waals surface area contributed by atoms with E-state index in [0.717, 1.165) is 23.3 Å². The predicted octanol–water partition coefficient (Wildman–Crippen LogP) is 8.16. The summed E-state index contributed by atoms with van der Waals surface area (Å²) < 4.78 is 18.3. The van der Waals surface area contributed by atoms with Crippen LogP contribution in [0.15, 0.2) is 57.9 Å². The van der Waals surface area contributed by atoms with Gasteiger partial charge in [-0.1, -0.05) is 49.5 Å². The first-order chi connectivity index (χ1) is 23.4. The molecule has 0 radical (unpaired) electrons. The Labute approximate surface area is 298 Å². The summed E-state index contributed by atoms with van der Waals surface area (Å²) in [5, 5.41) is 13.4. The average Bonchev–Trinajstić information content (AvgIpc) is 3.83. The number of nitrogens with zero attached hydrogens (tertiary/aromatic N) is 1. The van der Waals surface area contributed by atoms with Crippen molar-refractivity contribution in [3.8, 4) is 28.6 Å². The molecule has 2 saturated carbocycles. The molecule has 0 spiro atoms. The molecule has 3 aliphatic rings. The highest BCUT2D eigenvalue weighted by atomic mass is 32.2. The molecular weight excluding hydrogens is 657 g/mol. The Morgan fingerprint density at radius 3 is 2.59 bits per heavy atom. The number of phenolic OH excluding ortho intramolecular Hbond substituents is 1. The van der Waals surface area contributed by atoms with Crippen LogP contribution >= 0.6 is 24.0 Å². The SMILES string of the molecule is COc1cc(O)cc(-c2cc(CCCNC(=O)[C@@H](C)Cc3ccc(OC(C)(C)C)cc3)c(/C=C3\SC(=S)N(C4CC5CCC4C5)C3=O)o2)c1. The molecule has 3 fully saturated rings.